The molecule has 1 aromatic carbocycles. The summed E-state index contributed by atoms with van der Waals surface area (Å²) in [6, 6.07) is 6.77. The quantitative estimate of drug-likeness (QED) is 0.842. The van der Waals surface area contributed by atoms with Crippen molar-refractivity contribution in [3.05, 3.63) is 45.9 Å². The summed E-state index contributed by atoms with van der Waals surface area (Å²) in [4.78, 5) is 8.95. The van der Waals surface area contributed by atoms with Gasteiger partial charge >= 0.3 is 0 Å². The average Bonchev–Trinajstić information content (AvgIpc) is 2.41. The molecule has 106 valence electrons. The molecule has 0 aliphatic carbocycles. The third-order valence-electron chi connectivity index (χ3n) is 2.82. The first-order valence-corrected chi connectivity index (χ1v) is 7.40. The topological polar surface area (TPSA) is 37.8 Å². The minimum Gasteiger partial charge on any atom is -0.311 e. The Balaban J connectivity index is 2.28. The highest BCUT2D eigenvalue weighted by Crippen LogP contribution is 2.23. The Bertz CT molecular complexity index is 602. The molecule has 0 unspecified atom stereocenters. The van der Waals surface area contributed by atoms with Crippen molar-refractivity contribution >= 4 is 15.9 Å². The van der Waals surface area contributed by atoms with E-state index >= 15 is 0 Å². The highest BCUT2D eigenvalue weighted by atomic mass is 79.9. The lowest BCUT2D eigenvalue weighted by molar-refractivity contribution is 0.621. The number of nitrogens with one attached hydrogen (secondary N) is 1. The lowest BCUT2D eigenvalue weighted by Gasteiger charge is -2.07. The zero-order chi connectivity index (χ0) is 14.5. The summed E-state index contributed by atoms with van der Waals surface area (Å²) in [5.41, 5.74) is 2.66. The largest absolute Gasteiger partial charge is 0.311 e. The van der Waals surface area contributed by atoms with Crippen LogP contribution in [0.1, 0.15) is 24.7 Å². The zero-order valence-electron chi connectivity index (χ0n) is 11.6. The molecule has 0 amide bonds. The molecule has 1 aromatic heterocycles. The fraction of sp³-hybridized carbons (Fsp3) is 0.333. The SMILES string of the molecule is CCCNCc1cc(C)nc(-c2ccc(F)c(Br)c2)n1. The van der Waals surface area contributed by atoms with E-state index in [1.807, 2.05) is 13.0 Å². The van der Waals surface area contributed by atoms with Gasteiger partial charge in [0.2, 0.25) is 0 Å². The zero-order valence-corrected chi connectivity index (χ0v) is 13.2. The fourth-order valence-corrected chi connectivity index (χ4v) is 2.26. The van der Waals surface area contributed by atoms with Crippen LogP contribution in [0.4, 0.5) is 4.39 Å². The monoisotopic (exact) mass is 337 g/mol. The standard InChI is InChI=1S/C15H17BrFN3/c1-3-6-18-9-12-7-10(2)19-15(20-12)11-4-5-14(17)13(16)8-11/h4-5,7-8,18H,3,6,9H2,1-2H3. The maximum Gasteiger partial charge on any atom is 0.159 e. The molecular formula is C15H17BrFN3. The first-order valence-electron chi connectivity index (χ1n) is 6.61. The van der Waals surface area contributed by atoms with Crippen LogP contribution < -0.4 is 5.32 Å². The van der Waals surface area contributed by atoms with Crippen LogP contribution in [0.15, 0.2) is 28.7 Å². The Hall–Kier alpha value is -1.33. The number of aromatic nitrogens is 2. The van der Waals surface area contributed by atoms with Gasteiger partial charge in [-0.1, -0.05) is 6.92 Å². The summed E-state index contributed by atoms with van der Waals surface area (Å²) in [7, 11) is 0. The van der Waals surface area contributed by atoms with Gasteiger partial charge in [0, 0.05) is 17.8 Å². The van der Waals surface area contributed by atoms with E-state index in [1.165, 1.54) is 6.07 Å². The fourth-order valence-electron chi connectivity index (χ4n) is 1.88. The molecular weight excluding hydrogens is 321 g/mol. The molecule has 0 fully saturated rings. The van der Waals surface area contributed by atoms with Crippen LogP contribution in [0.5, 0.6) is 0 Å². The summed E-state index contributed by atoms with van der Waals surface area (Å²) in [5, 5.41) is 3.32. The van der Waals surface area contributed by atoms with Crippen LogP contribution in [0, 0.1) is 12.7 Å². The molecule has 0 aliphatic heterocycles. The number of rotatable bonds is 5. The normalized spacial score (nSPS) is 10.8. The second kappa shape index (κ2) is 6.90. The maximum absolute atomic E-state index is 13.3. The number of nitrogens with zero attached hydrogens (tertiary/aromatic N) is 2. The van der Waals surface area contributed by atoms with Gasteiger partial charge in [-0.25, -0.2) is 14.4 Å². The molecule has 20 heavy (non-hydrogen) atoms. The van der Waals surface area contributed by atoms with Gasteiger partial charge in [0.1, 0.15) is 5.82 Å². The van der Waals surface area contributed by atoms with Crippen molar-refractivity contribution < 1.29 is 4.39 Å². The first kappa shape index (κ1) is 15.1. The number of aryl methyl sites for hydroxylation is 1. The number of hydrogen-bond donors (Lipinski definition) is 1. The van der Waals surface area contributed by atoms with Crippen LogP contribution in [0.3, 0.4) is 0 Å². The molecule has 5 heteroatoms. The van der Waals surface area contributed by atoms with Gasteiger partial charge in [-0.15, -0.1) is 0 Å². The molecule has 2 rings (SSSR count). The van der Waals surface area contributed by atoms with Crippen LogP contribution in [0.2, 0.25) is 0 Å². The van der Waals surface area contributed by atoms with Crippen molar-refractivity contribution in [2.45, 2.75) is 26.8 Å². The van der Waals surface area contributed by atoms with Gasteiger partial charge in [-0.2, -0.15) is 0 Å². The van der Waals surface area contributed by atoms with Crippen LogP contribution in [-0.2, 0) is 6.54 Å². The van der Waals surface area contributed by atoms with Crippen molar-refractivity contribution in [2.24, 2.45) is 0 Å². The highest BCUT2D eigenvalue weighted by Gasteiger charge is 2.07. The molecule has 0 radical (unpaired) electrons. The van der Waals surface area contributed by atoms with Crippen molar-refractivity contribution in [2.75, 3.05) is 6.54 Å². The van der Waals surface area contributed by atoms with Crippen molar-refractivity contribution in [1.29, 1.82) is 0 Å². The van der Waals surface area contributed by atoms with Gasteiger partial charge in [0.15, 0.2) is 5.82 Å². The molecule has 1 N–H and O–H groups in total. The van der Waals surface area contributed by atoms with E-state index in [9.17, 15) is 4.39 Å². The van der Waals surface area contributed by atoms with Gasteiger partial charge in [-0.05, 0) is 60.1 Å². The highest BCUT2D eigenvalue weighted by molar-refractivity contribution is 9.10. The Morgan fingerprint density at radius 3 is 2.75 bits per heavy atom. The minimum absolute atomic E-state index is 0.286. The summed E-state index contributed by atoms with van der Waals surface area (Å²) in [6.07, 6.45) is 1.09. The molecule has 0 saturated heterocycles. The molecule has 0 spiro atoms. The Labute approximate surface area is 126 Å². The minimum atomic E-state index is -0.286. The Morgan fingerprint density at radius 2 is 2.05 bits per heavy atom. The molecule has 0 aliphatic rings. The second-order valence-electron chi connectivity index (χ2n) is 4.63. The first-order chi connectivity index (χ1) is 9.60. The van der Waals surface area contributed by atoms with E-state index in [2.05, 4.69) is 38.1 Å². The predicted octanol–water partition coefficient (Wildman–Crippen LogP) is 3.85. The molecule has 0 atom stereocenters. The van der Waals surface area contributed by atoms with E-state index < -0.39 is 0 Å². The molecule has 3 nitrogen and oxygen atoms in total. The Kier molecular flexibility index (Phi) is 5.20. The van der Waals surface area contributed by atoms with Gasteiger partial charge in [0.25, 0.3) is 0 Å². The third kappa shape index (κ3) is 3.84. The van der Waals surface area contributed by atoms with Crippen LogP contribution in [0.25, 0.3) is 11.4 Å². The molecule has 0 saturated carbocycles. The van der Waals surface area contributed by atoms with Crippen molar-refractivity contribution in [3.63, 3.8) is 0 Å². The molecule has 1 heterocycles. The predicted molar refractivity (Wildman–Crippen MR) is 81.9 cm³/mol. The smallest absolute Gasteiger partial charge is 0.159 e. The lowest BCUT2D eigenvalue weighted by Crippen LogP contribution is -2.15. The number of benzene rings is 1. The number of hydrogen-bond acceptors (Lipinski definition) is 3. The van der Waals surface area contributed by atoms with Crippen LogP contribution in [-0.4, -0.2) is 16.5 Å². The van der Waals surface area contributed by atoms with Crippen molar-refractivity contribution in [1.82, 2.24) is 15.3 Å². The summed E-state index contributed by atoms with van der Waals surface area (Å²) >= 11 is 3.19. The Morgan fingerprint density at radius 1 is 1.25 bits per heavy atom. The maximum atomic E-state index is 13.3. The average molecular weight is 338 g/mol. The second-order valence-corrected chi connectivity index (χ2v) is 5.48. The molecule has 2 aromatic rings. The van der Waals surface area contributed by atoms with E-state index in [0.29, 0.717) is 16.8 Å². The lowest BCUT2D eigenvalue weighted by atomic mass is 10.2. The van der Waals surface area contributed by atoms with Gasteiger partial charge in [0.05, 0.1) is 10.2 Å². The summed E-state index contributed by atoms with van der Waals surface area (Å²) in [5.74, 6) is 0.338. The number of halogens is 2. The molecule has 0 bridgehead atoms. The summed E-state index contributed by atoms with van der Waals surface area (Å²) < 4.78 is 13.7. The van der Waals surface area contributed by atoms with Gasteiger partial charge < -0.3 is 5.32 Å². The van der Waals surface area contributed by atoms with Gasteiger partial charge in [-0.3, -0.25) is 0 Å². The van der Waals surface area contributed by atoms with Crippen molar-refractivity contribution in [3.8, 4) is 11.4 Å². The van der Waals surface area contributed by atoms with Crippen LogP contribution >= 0.6 is 15.9 Å². The van der Waals surface area contributed by atoms with E-state index in [0.717, 1.165) is 29.9 Å². The van der Waals surface area contributed by atoms with E-state index in [1.54, 1.807) is 12.1 Å². The van der Waals surface area contributed by atoms with E-state index in [-0.39, 0.29) is 5.82 Å². The summed E-state index contributed by atoms with van der Waals surface area (Å²) in [6.45, 7) is 5.74. The van der Waals surface area contributed by atoms with E-state index in [4.69, 9.17) is 0 Å². The third-order valence-corrected chi connectivity index (χ3v) is 3.43.